The van der Waals surface area contributed by atoms with Crippen molar-refractivity contribution in [3.05, 3.63) is 97.4 Å². The molecule has 0 aromatic heterocycles. The lowest BCUT2D eigenvalue weighted by atomic mass is 10.0. The van der Waals surface area contributed by atoms with Crippen molar-refractivity contribution in [2.75, 3.05) is 0 Å². The van der Waals surface area contributed by atoms with Crippen LogP contribution in [-0.4, -0.2) is 24.1 Å². The van der Waals surface area contributed by atoms with Gasteiger partial charge in [0.15, 0.2) is 0 Å². The van der Waals surface area contributed by atoms with Gasteiger partial charge in [0, 0.05) is 10.6 Å². The molecule has 2 amide bonds. The van der Waals surface area contributed by atoms with E-state index >= 15 is 0 Å². The van der Waals surface area contributed by atoms with Gasteiger partial charge in [0.2, 0.25) is 0 Å². The fourth-order valence-electron chi connectivity index (χ4n) is 3.17. The van der Waals surface area contributed by atoms with Crippen LogP contribution in [0.2, 0.25) is 20.1 Å². The molecular formula is C26H23Cl4N3O3. The highest BCUT2D eigenvalue weighted by molar-refractivity contribution is 6.42. The number of hydrazone groups is 1. The lowest BCUT2D eigenvalue weighted by molar-refractivity contribution is -0.123. The summed E-state index contributed by atoms with van der Waals surface area (Å²) in [5.41, 5.74) is 4.20. The van der Waals surface area contributed by atoms with Crippen molar-refractivity contribution >= 4 is 64.4 Å². The second kappa shape index (κ2) is 13.0. The number of ether oxygens (including phenoxy) is 1. The highest BCUT2D eigenvalue weighted by Gasteiger charge is 2.25. The molecule has 0 heterocycles. The number of carbonyl (C=O) groups is 2. The third kappa shape index (κ3) is 7.61. The molecule has 1 unspecified atom stereocenters. The Hall–Kier alpha value is -2.77. The molecule has 0 saturated heterocycles. The first-order chi connectivity index (χ1) is 17.2. The molecule has 0 aliphatic heterocycles. The molecule has 3 aromatic carbocycles. The molecule has 0 saturated carbocycles. The van der Waals surface area contributed by atoms with Crippen molar-refractivity contribution in [1.29, 1.82) is 0 Å². The summed E-state index contributed by atoms with van der Waals surface area (Å²) in [6.07, 6.45) is 1.47. The third-order valence-corrected chi connectivity index (χ3v) is 6.37. The molecule has 3 rings (SSSR count). The van der Waals surface area contributed by atoms with Crippen LogP contribution in [0.5, 0.6) is 5.75 Å². The molecule has 0 bridgehead atoms. The first kappa shape index (κ1) is 27.8. The number of hydrogen-bond acceptors (Lipinski definition) is 4. The van der Waals surface area contributed by atoms with E-state index in [-0.39, 0.29) is 23.1 Å². The Morgan fingerprint density at radius 3 is 2.39 bits per heavy atom. The van der Waals surface area contributed by atoms with Crippen LogP contribution in [0.3, 0.4) is 0 Å². The fourth-order valence-corrected chi connectivity index (χ4v) is 3.99. The first-order valence-corrected chi connectivity index (χ1v) is 12.4. The van der Waals surface area contributed by atoms with Gasteiger partial charge in [0.05, 0.1) is 26.8 Å². The minimum Gasteiger partial charge on any atom is -0.488 e. The summed E-state index contributed by atoms with van der Waals surface area (Å²) < 4.78 is 5.90. The molecule has 36 heavy (non-hydrogen) atoms. The predicted molar refractivity (Wildman–Crippen MR) is 146 cm³/mol. The van der Waals surface area contributed by atoms with Crippen LogP contribution >= 0.6 is 46.4 Å². The van der Waals surface area contributed by atoms with Gasteiger partial charge in [0.1, 0.15) is 18.4 Å². The summed E-state index contributed by atoms with van der Waals surface area (Å²) in [6, 6.07) is 16.2. The van der Waals surface area contributed by atoms with Crippen LogP contribution in [0.25, 0.3) is 0 Å². The molecule has 2 N–H and O–H groups in total. The average molecular weight is 567 g/mol. The quantitative estimate of drug-likeness (QED) is 0.221. The van der Waals surface area contributed by atoms with Crippen molar-refractivity contribution in [2.45, 2.75) is 26.5 Å². The van der Waals surface area contributed by atoms with Crippen LogP contribution in [0.4, 0.5) is 0 Å². The van der Waals surface area contributed by atoms with Crippen molar-refractivity contribution in [2.24, 2.45) is 11.0 Å². The zero-order chi connectivity index (χ0) is 26.2. The number of amides is 2. The topological polar surface area (TPSA) is 79.8 Å². The maximum Gasteiger partial charge on any atom is 0.262 e. The van der Waals surface area contributed by atoms with Gasteiger partial charge in [0.25, 0.3) is 11.8 Å². The minimum absolute atomic E-state index is 0.193. The molecule has 6 nitrogen and oxygen atoms in total. The number of benzene rings is 3. The van der Waals surface area contributed by atoms with E-state index < -0.39 is 17.9 Å². The largest absolute Gasteiger partial charge is 0.488 e. The normalized spacial score (nSPS) is 12.0. The van der Waals surface area contributed by atoms with Gasteiger partial charge in [-0.1, -0.05) is 78.5 Å². The van der Waals surface area contributed by atoms with Crippen LogP contribution in [0.1, 0.15) is 35.3 Å². The van der Waals surface area contributed by atoms with Crippen LogP contribution in [0.15, 0.2) is 65.8 Å². The van der Waals surface area contributed by atoms with Crippen LogP contribution in [-0.2, 0) is 11.4 Å². The van der Waals surface area contributed by atoms with Gasteiger partial charge in [-0.25, -0.2) is 5.43 Å². The molecule has 3 aromatic rings. The Morgan fingerprint density at radius 2 is 1.69 bits per heavy atom. The Balaban J connectivity index is 1.64. The maximum atomic E-state index is 12.8. The van der Waals surface area contributed by atoms with Gasteiger partial charge in [-0.15, -0.1) is 0 Å². The molecule has 10 heteroatoms. The Kier molecular flexibility index (Phi) is 10.0. The van der Waals surface area contributed by atoms with Crippen molar-refractivity contribution in [1.82, 2.24) is 10.7 Å². The second-order valence-electron chi connectivity index (χ2n) is 8.13. The Bertz CT molecular complexity index is 1280. The number of carbonyl (C=O) groups excluding carboxylic acids is 2. The molecule has 0 fully saturated rings. The number of halogens is 4. The van der Waals surface area contributed by atoms with Crippen LogP contribution in [0, 0.1) is 5.92 Å². The monoisotopic (exact) mass is 565 g/mol. The molecule has 0 aliphatic rings. The van der Waals surface area contributed by atoms with Crippen molar-refractivity contribution < 1.29 is 14.3 Å². The van der Waals surface area contributed by atoms with E-state index in [1.807, 2.05) is 32.0 Å². The summed E-state index contributed by atoms with van der Waals surface area (Å²) in [6.45, 7) is 3.89. The number of para-hydroxylation sites is 1. The van der Waals surface area contributed by atoms with Crippen molar-refractivity contribution in [3.8, 4) is 5.75 Å². The van der Waals surface area contributed by atoms with E-state index in [0.29, 0.717) is 26.4 Å². The first-order valence-electron chi connectivity index (χ1n) is 10.9. The van der Waals surface area contributed by atoms with Gasteiger partial charge in [-0.05, 0) is 53.9 Å². The Labute approximate surface area is 229 Å². The van der Waals surface area contributed by atoms with E-state index in [9.17, 15) is 9.59 Å². The van der Waals surface area contributed by atoms with Gasteiger partial charge in [-0.2, -0.15) is 5.10 Å². The summed E-state index contributed by atoms with van der Waals surface area (Å²) >= 11 is 24.0. The standard InChI is InChI=1S/C26H23Cl4N3O3/c1-15(2)24(32-25(34)19-9-8-18(27)12-21(19)29)26(35)33-31-13-17-5-3-4-6-23(17)36-14-16-7-10-20(28)22(30)11-16/h3-13,15,24H,14H2,1-2H3,(H,32,34)(H,33,35). The summed E-state index contributed by atoms with van der Waals surface area (Å²) in [5.74, 6) is -0.617. The highest BCUT2D eigenvalue weighted by Crippen LogP contribution is 2.24. The van der Waals surface area contributed by atoms with Gasteiger partial charge < -0.3 is 10.1 Å². The summed E-state index contributed by atoms with van der Waals surface area (Å²) in [4.78, 5) is 25.5. The lowest BCUT2D eigenvalue weighted by Gasteiger charge is -2.20. The van der Waals surface area contributed by atoms with E-state index in [2.05, 4.69) is 15.8 Å². The number of nitrogens with one attached hydrogen (secondary N) is 2. The average Bonchev–Trinajstić information content (AvgIpc) is 2.83. The fraction of sp³-hybridized carbons (Fsp3) is 0.192. The van der Waals surface area contributed by atoms with Crippen molar-refractivity contribution in [3.63, 3.8) is 0 Å². The number of nitrogens with zero attached hydrogens (tertiary/aromatic N) is 1. The van der Waals surface area contributed by atoms with E-state index in [1.165, 1.54) is 18.3 Å². The molecular weight excluding hydrogens is 544 g/mol. The second-order valence-corrected chi connectivity index (χ2v) is 9.79. The van der Waals surface area contributed by atoms with E-state index in [0.717, 1.165) is 5.56 Å². The Morgan fingerprint density at radius 1 is 0.944 bits per heavy atom. The molecule has 188 valence electrons. The highest BCUT2D eigenvalue weighted by atomic mass is 35.5. The maximum absolute atomic E-state index is 12.8. The summed E-state index contributed by atoms with van der Waals surface area (Å²) in [7, 11) is 0. The molecule has 0 spiro atoms. The molecule has 1 atom stereocenters. The smallest absolute Gasteiger partial charge is 0.262 e. The summed E-state index contributed by atoms with van der Waals surface area (Å²) in [5, 5.41) is 8.27. The molecule has 0 radical (unpaired) electrons. The molecule has 0 aliphatic carbocycles. The van der Waals surface area contributed by atoms with E-state index in [1.54, 1.807) is 30.3 Å². The SMILES string of the molecule is CC(C)C(NC(=O)c1ccc(Cl)cc1Cl)C(=O)NN=Cc1ccccc1OCc1ccc(Cl)c(Cl)c1. The third-order valence-electron chi connectivity index (χ3n) is 5.09. The van der Waals surface area contributed by atoms with Gasteiger partial charge >= 0.3 is 0 Å². The number of hydrogen-bond donors (Lipinski definition) is 2. The number of rotatable bonds is 9. The zero-order valence-corrected chi connectivity index (χ0v) is 22.4. The zero-order valence-electron chi connectivity index (χ0n) is 19.4. The van der Waals surface area contributed by atoms with Crippen LogP contribution < -0.4 is 15.5 Å². The van der Waals surface area contributed by atoms with E-state index in [4.69, 9.17) is 51.1 Å². The minimum atomic E-state index is -0.845. The predicted octanol–water partition coefficient (Wildman–Crippen LogP) is 6.78. The van der Waals surface area contributed by atoms with Gasteiger partial charge in [-0.3, -0.25) is 9.59 Å². The lowest BCUT2D eigenvalue weighted by Crippen LogP contribution is -2.48.